The number of thioether (sulfide) groups is 1. The summed E-state index contributed by atoms with van der Waals surface area (Å²) in [6.45, 7) is 2.93. The van der Waals surface area contributed by atoms with Gasteiger partial charge in [-0.25, -0.2) is 0 Å². The van der Waals surface area contributed by atoms with E-state index in [4.69, 9.17) is 14.5 Å². The van der Waals surface area contributed by atoms with E-state index in [0.717, 1.165) is 51.4 Å². The second-order valence-electron chi connectivity index (χ2n) is 10.5. The Morgan fingerprint density at radius 2 is 1.72 bits per heavy atom. The lowest BCUT2D eigenvalue weighted by molar-refractivity contribution is -0.124. The van der Waals surface area contributed by atoms with E-state index >= 15 is 0 Å². The highest BCUT2D eigenvalue weighted by Gasteiger charge is 2.39. The summed E-state index contributed by atoms with van der Waals surface area (Å²) in [5.41, 5.74) is 2.00. The van der Waals surface area contributed by atoms with E-state index in [2.05, 4.69) is 62.8 Å². The summed E-state index contributed by atoms with van der Waals surface area (Å²) in [5, 5.41) is 0.909. The van der Waals surface area contributed by atoms with Gasteiger partial charge in [-0.1, -0.05) is 50.7 Å². The average Bonchev–Trinajstić information content (AvgIpc) is 3.24. The number of amidine groups is 1. The summed E-state index contributed by atoms with van der Waals surface area (Å²) in [5.74, 6) is 1.43. The number of rotatable bonds is 8. The second-order valence-corrected chi connectivity index (χ2v) is 13.6. The third-order valence-corrected chi connectivity index (χ3v) is 9.88. The first-order chi connectivity index (χ1) is 19.0. The first-order valence-corrected chi connectivity index (χ1v) is 16.8. The van der Waals surface area contributed by atoms with Crippen molar-refractivity contribution in [3.63, 3.8) is 0 Å². The first-order valence-electron chi connectivity index (χ1n) is 14.2. The maximum Gasteiger partial charge on any atom is 0.266 e. The van der Waals surface area contributed by atoms with Gasteiger partial charge in [0, 0.05) is 9.61 Å². The van der Waals surface area contributed by atoms with Crippen LogP contribution in [-0.2, 0) is 11.4 Å². The topological polar surface area (TPSA) is 51.1 Å². The molecular formula is C31H36BrIN2O3S. The number of benzene rings is 2. The minimum atomic E-state index is 0.0922. The van der Waals surface area contributed by atoms with E-state index in [-0.39, 0.29) is 11.9 Å². The Kier molecular flexibility index (Phi) is 10.3. The number of ether oxygens (including phenoxy) is 2. The van der Waals surface area contributed by atoms with Gasteiger partial charge in [0.1, 0.15) is 6.61 Å². The van der Waals surface area contributed by atoms with Crippen molar-refractivity contribution in [3.8, 4) is 11.5 Å². The number of halogens is 2. The Morgan fingerprint density at radius 1 is 1.03 bits per heavy atom. The molecule has 0 bridgehead atoms. The molecule has 2 aromatic rings. The van der Waals surface area contributed by atoms with Crippen LogP contribution < -0.4 is 9.47 Å². The fourth-order valence-electron chi connectivity index (χ4n) is 5.57. The van der Waals surface area contributed by atoms with Crippen LogP contribution >= 0.6 is 50.3 Å². The van der Waals surface area contributed by atoms with Crippen molar-refractivity contribution in [1.82, 2.24) is 4.90 Å². The minimum absolute atomic E-state index is 0.0922. The summed E-state index contributed by atoms with van der Waals surface area (Å²) >= 11 is 7.56. The molecule has 3 aliphatic rings. The molecule has 5 nitrogen and oxygen atoms in total. The molecule has 0 atom stereocenters. The van der Waals surface area contributed by atoms with Crippen molar-refractivity contribution in [1.29, 1.82) is 0 Å². The van der Waals surface area contributed by atoms with E-state index in [0.29, 0.717) is 30.8 Å². The highest BCUT2D eigenvalue weighted by molar-refractivity contribution is 14.1. The average molecular weight is 724 g/mol. The number of hydrogen-bond donors (Lipinski definition) is 0. The zero-order valence-electron chi connectivity index (χ0n) is 22.5. The number of hydrogen-bond acceptors (Lipinski definition) is 5. The molecule has 208 valence electrons. The predicted octanol–water partition coefficient (Wildman–Crippen LogP) is 8.97. The molecule has 0 aromatic heterocycles. The smallest absolute Gasteiger partial charge is 0.266 e. The fraction of sp³-hybridized carbons (Fsp3) is 0.484. The van der Waals surface area contributed by atoms with E-state index < -0.39 is 0 Å². The molecule has 2 saturated carbocycles. The standard InChI is InChI=1S/C31H36BrIN2O3S/c1-2-37-27-18-22(17-26(32)29(27)38-20-21-13-15-23(33)16-14-21)19-28-30(36)35(25-11-7-4-8-12-25)31(39-28)34-24-9-5-3-6-10-24/h13-19,24-25H,2-12,20H2,1H3. The third kappa shape index (κ3) is 7.41. The Labute approximate surface area is 258 Å². The maximum absolute atomic E-state index is 13.8. The fourth-order valence-corrected chi connectivity index (χ4v) is 7.61. The summed E-state index contributed by atoms with van der Waals surface area (Å²) in [6.07, 6.45) is 13.8. The van der Waals surface area contributed by atoms with Gasteiger partial charge in [-0.15, -0.1) is 0 Å². The predicted molar refractivity (Wildman–Crippen MR) is 172 cm³/mol. The lowest BCUT2D eigenvalue weighted by Crippen LogP contribution is -2.41. The van der Waals surface area contributed by atoms with E-state index in [1.165, 1.54) is 42.1 Å². The van der Waals surface area contributed by atoms with Crippen LogP contribution in [0.25, 0.3) is 6.08 Å². The van der Waals surface area contributed by atoms with Gasteiger partial charge in [0.05, 0.1) is 22.0 Å². The van der Waals surface area contributed by atoms with Crippen LogP contribution in [0.1, 0.15) is 82.3 Å². The molecule has 8 heteroatoms. The monoisotopic (exact) mass is 722 g/mol. The van der Waals surface area contributed by atoms with Gasteiger partial charge in [-0.05, 0) is 124 Å². The molecular weight excluding hydrogens is 687 g/mol. The maximum atomic E-state index is 13.8. The zero-order chi connectivity index (χ0) is 27.2. The normalized spacial score (nSPS) is 21.2. The van der Waals surface area contributed by atoms with Crippen LogP contribution in [0.5, 0.6) is 11.5 Å². The van der Waals surface area contributed by atoms with Crippen LogP contribution in [0, 0.1) is 3.57 Å². The van der Waals surface area contributed by atoms with Crippen molar-refractivity contribution < 1.29 is 14.3 Å². The Morgan fingerprint density at radius 3 is 2.41 bits per heavy atom. The number of aliphatic imine (C=N–C) groups is 1. The second kappa shape index (κ2) is 13.9. The van der Waals surface area contributed by atoms with Crippen molar-refractivity contribution >= 4 is 67.4 Å². The van der Waals surface area contributed by atoms with E-state index in [1.807, 2.05) is 30.0 Å². The minimum Gasteiger partial charge on any atom is -0.490 e. The quantitative estimate of drug-likeness (QED) is 0.202. The SMILES string of the molecule is CCOc1cc(C=C2SC(=NC3CCCCC3)N(C3CCCCC3)C2=O)cc(Br)c1OCc1ccc(I)cc1. The molecule has 0 radical (unpaired) electrons. The lowest BCUT2D eigenvalue weighted by Gasteiger charge is -2.31. The molecule has 2 aromatic carbocycles. The number of amides is 1. The number of carbonyl (C=O) groups is 1. The van der Waals surface area contributed by atoms with Crippen LogP contribution in [0.2, 0.25) is 0 Å². The molecule has 0 spiro atoms. The first kappa shape index (κ1) is 29.0. The van der Waals surface area contributed by atoms with E-state index in [9.17, 15) is 4.79 Å². The highest BCUT2D eigenvalue weighted by atomic mass is 127. The molecule has 0 unspecified atom stereocenters. The van der Waals surface area contributed by atoms with Gasteiger partial charge >= 0.3 is 0 Å². The highest BCUT2D eigenvalue weighted by Crippen LogP contribution is 2.41. The molecule has 1 aliphatic heterocycles. The van der Waals surface area contributed by atoms with Crippen LogP contribution in [0.3, 0.4) is 0 Å². The molecule has 1 saturated heterocycles. The van der Waals surface area contributed by atoms with Crippen LogP contribution in [0.4, 0.5) is 0 Å². The van der Waals surface area contributed by atoms with Crippen molar-refractivity contribution in [3.05, 3.63) is 60.5 Å². The lowest BCUT2D eigenvalue weighted by atomic mass is 9.94. The molecule has 1 heterocycles. The Balaban J connectivity index is 1.41. The van der Waals surface area contributed by atoms with Gasteiger partial charge in [0.2, 0.25) is 0 Å². The van der Waals surface area contributed by atoms with Gasteiger partial charge in [-0.3, -0.25) is 14.7 Å². The summed E-state index contributed by atoms with van der Waals surface area (Å²) in [7, 11) is 0. The summed E-state index contributed by atoms with van der Waals surface area (Å²) < 4.78 is 14.2. The molecule has 0 N–H and O–H groups in total. The van der Waals surface area contributed by atoms with Crippen LogP contribution in [-0.4, -0.2) is 34.7 Å². The molecule has 5 rings (SSSR count). The Bertz CT molecular complexity index is 1220. The molecule has 1 amide bonds. The third-order valence-electron chi connectivity index (χ3n) is 7.57. The summed E-state index contributed by atoms with van der Waals surface area (Å²) in [6, 6.07) is 12.9. The van der Waals surface area contributed by atoms with Crippen molar-refractivity contribution in [2.45, 2.75) is 89.8 Å². The molecule has 2 aliphatic carbocycles. The molecule has 39 heavy (non-hydrogen) atoms. The largest absolute Gasteiger partial charge is 0.490 e. The van der Waals surface area contributed by atoms with E-state index in [1.54, 1.807) is 11.8 Å². The summed E-state index contributed by atoms with van der Waals surface area (Å²) in [4.78, 5) is 21.7. The van der Waals surface area contributed by atoms with Crippen molar-refractivity contribution in [2.75, 3.05) is 6.61 Å². The van der Waals surface area contributed by atoms with Crippen LogP contribution in [0.15, 0.2) is 50.8 Å². The van der Waals surface area contributed by atoms with Gasteiger partial charge in [0.15, 0.2) is 16.7 Å². The zero-order valence-corrected chi connectivity index (χ0v) is 27.0. The molecule has 3 fully saturated rings. The Hall–Kier alpha value is -1.52. The van der Waals surface area contributed by atoms with Gasteiger partial charge < -0.3 is 9.47 Å². The van der Waals surface area contributed by atoms with Gasteiger partial charge in [-0.2, -0.15) is 0 Å². The number of carbonyl (C=O) groups excluding carboxylic acids is 1. The van der Waals surface area contributed by atoms with Gasteiger partial charge in [0.25, 0.3) is 5.91 Å². The number of nitrogens with zero attached hydrogens (tertiary/aromatic N) is 2. The van der Waals surface area contributed by atoms with Crippen molar-refractivity contribution in [2.24, 2.45) is 4.99 Å².